The molecule has 1 N–H and O–H groups in total. The number of nitrogens with zero attached hydrogens (tertiary/aromatic N) is 3. The van der Waals surface area contributed by atoms with Gasteiger partial charge in [0.05, 0.1) is 35.4 Å². The smallest absolute Gasteiger partial charge is 0.311 e. The lowest BCUT2D eigenvalue weighted by molar-refractivity contribution is -0.384. The van der Waals surface area contributed by atoms with Gasteiger partial charge >= 0.3 is 5.97 Å². The molecule has 0 amide bonds. The highest BCUT2D eigenvalue weighted by Gasteiger charge is 2.20. The standard InChI is InChI=1S/C22H21ClN4O5S/c1-14(24-11-12-33-18-9-3-15(23)4-10-18)21-19(13-20(28)32-2)25-26(22(21)29)16-5-7-17(8-6-16)27(30)31/h3-10,25H,11-13H2,1-2H3. The quantitative estimate of drug-likeness (QED) is 0.121. The zero-order valence-corrected chi connectivity index (χ0v) is 19.5. The Morgan fingerprint density at radius 1 is 1.21 bits per heavy atom. The molecule has 0 saturated carbocycles. The second-order valence-electron chi connectivity index (χ2n) is 6.90. The number of halogens is 1. The molecule has 3 rings (SSSR count). The summed E-state index contributed by atoms with van der Waals surface area (Å²) in [4.78, 5) is 41.0. The Morgan fingerprint density at radius 3 is 2.48 bits per heavy atom. The summed E-state index contributed by atoms with van der Waals surface area (Å²) in [5, 5.41) is 14.5. The number of aromatic amines is 1. The predicted octanol–water partition coefficient (Wildman–Crippen LogP) is 4.04. The highest BCUT2D eigenvalue weighted by molar-refractivity contribution is 7.99. The van der Waals surface area contributed by atoms with Crippen molar-refractivity contribution in [3.8, 4) is 5.69 Å². The van der Waals surface area contributed by atoms with Crippen LogP contribution in [0.4, 0.5) is 5.69 Å². The van der Waals surface area contributed by atoms with Crippen molar-refractivity contribution in [2.45, 2.75) is 18.2 Å². The molecule has 3 aromatic rings. The number of thioether (sulfide) groups is 1. The van der Waals surface area contributed by atoms with E-state index in [-0.39, 0.29) is 17.7 Å². The van der Waals surface area contributed by atoms with E-state index in [1.807, 2.05) is 24.3 Å². The molecule has 0 atom stereocenters. The molecule has 9 nitrogen and oxygen atoms in total. The first-order valence-corrected chi connectivity index (χ1v) is 11.2. The molecule has 0 aliphatic carbocycles. The number of benzene rings is 2. The fourth-order valence-corrected chi connectivity index (χ4v) is 3.96. The molecular formula is C22H21ClN4O5S. The highest BCUT2D eigenvalue weighted by atomic mass is 35.5. The first-order chi connectivity index (χ1) is 15.8. The van der Waals surface area contributed by atoms with E-state index in [1.54, 1.807) is 18.7 Å². The van der Waals surface area contributed by atoms with Crippen LogP contribution in [0, 0.1) is 10.1 Å². The van der Waals surface area contributed by atoms with E-state index in [2.05, 4.69) is 10.1 Å². The van der Waals surface area contributed by atoms with Gasteiger partial charge in [0.15, 0.2) is 0 Å². The van der Waals surface area contributed by atoms with Crippen LogP contribution in [0.15, 0.2) is 63.2 Å². The Bertz CT molecular complexity index is 1230. The van der Waals surface area contributed by atoms with Crippen LogP contribution in [-0.2, 0) is 16.0 Å². The number of carbonyl (C=O) groups excluding carboxylic acids is 1. The van der Waals surface area contributed by atoms with Crippen LogP contribution in [0.5, 0.6) is 0 Å². The zero-order chi connectivity index (χ0) is 24.0. The van der Waals surface area contributed by atoms with E-state index in [9.17, 15) is 19.7 Å². The number of nitro benzene ring substituents is 1. The molecule has 0 radical (unpaired) electrons. The van der Waals surface area contributed by atoms with E-state index in [0.29, 0.717) is 34.4 Å². The van der Waals surface area contributed by atoms with Crippen LogP contribution in [0.25, 0.3) is 5.69 Å². The molecule has 172 valence electrons. The number of hydrogen-bond acceptors (Lipinski definition) is 7. The lowest BCUT2D eigenvalue weighted by Gasteiger charge is -2.03. The van der Waals surface area contributed by atoms with Crippen molar-refractivity contribution in [2.24, 2.45) is 4.99 Å². The minimum absolute atomic E-state index is 0.0932. The SMILES string of the molecule is COC(=O)Cc1[nH]n(-c2ccc([N+](=O)[O-])cc2)c(=O)c1C(C)=NCCSc1ccc(Cl)cc1. The number of ether oxygens (including phenoxy) is 1. The molecule has 1 aromatic heterocycles. The average Bonchev–Trinajstić information content (AvgIpc) is 3.13. The number of carbonyl (C=O) groups is 1. The molecule has 0 aliphatic heterocycles. The molecule has 0 fully saturated rings. The first kappa shape index (κ1) is 24.3. The van der Waals surface area contributed by atoms with Crippen LogP contribution in [-0.4, -0.2) is 45.8 Å². The van der Waals surface area contributed by atoms with Gasteiger partial charge in [0.2, 0.25) is 0 Å². The summed E-state index contributed by atoms with van der Waals surface area (Å²) in [7, 11) is 1.27. The van der Waals surface area contributed by atoms with Gasteiger partial charge in [-0.3, -0.25) is 29.8 Å². The van der Waals surface area contributed by atoms with Crippen molar-refractivity contribution in [1.29, 1.82) is 0 Å². The Labute approximate surface area is 198 Å². The monoisotopic (exact) mass is 488 g/mol. The molecule has 2 aromatic carbocycles. The van der Waals surface area contributed by atoms with Gasteiger partial charge in [0.1, 0.15) is 0 Å². The molecule has 33 heavy (non-hydrogen) atoms. The summed E-state index contributed by atoms with van der Waals surface area (Å²) in [5.74, 6) is 0.172. The molecule has 0 saturated heterocycles. The fourth-order valence-electron chi connectivity index (χ4n) is 3.09. The van der Waals surface area contributed by atoms with Crippen LogP contribution in [0.1, 0.15) is 18.2 Å². The number of esters is 1. The lowest BCUT2D eigenvalue weighted by atomic mass is 10.1. The van der Waals surface area contributed by atoms with Crippen LogP contribution in [0.3, 0.4) is 0 Å². The Morgan fingerprint density at radius 2 is 1.88 bits per heavy atom. The molecule has 0 unspecified atom stereocenters. The van der Waals surface area contributed by atoms with E-state index in [4.69, 9.17) is 16.3 Å². The first-order valence-electron chi connectivity index (χ1n) is 9.85. The number of nitrogens with one attached hydrogen (secondary N) is 1. The van der Waals surface area contributed by atoms with Crippen LogP contribution in [0.2, 0.25) is 5.02 Å². The third kappa shape index (κ3) is 6.11. The number of hydrogen-bond donors (Lipinski definition) is 1. The summed E-state index contributed by atoms with van der Waals surface area (Å²) >= 11 is 7.51. The van der Waals surface area contributed by atoms with E-state index in [0.717, 1.165) is 4.90 Å². The average molecular weight is 489 g/mol. The van der Waals surface area contributed by atoms with Gasteiger partial charge in [-0.2, -0.15) is 0 Å². The Kier molecular flexibility index (Phi) is 8.07. The minimum atomic E-state index is -0.520. The van der Waals surface area contributed by atoms with Crippen molar-refractivity contribution < 1.29 is 14.5 Å². The summed E-state index contributed by atoms with van der Waals surface area (Å²) < 4.78 is 5.98. The number of rotatable bonds is 9. The molecule has 0 aliphatic rings. The highest BCUT2D eigenvalue weighted by Crippen LogP contribution is 2.20. The number of methoxy groups -OCH3 is 1. The fraction of sp³-hybridized carbons (Fsp3) is 0.227. The topological polar surface area (TPSA) is 120 Å². The van der Waals surface area contributed by atoms with Crippen molar-refractivity contribution >= 4 is 40.7 Å². The van der Waals surface area contributed by atoms with Gasteiger partial charge < -0.3 is 4.74 Å². The van der Waals surface area contributed by atoms with E-state index < -0.39 is 16.5 Å². The van der Waals surface area contributed by atoms with Gasteiger partial charge in [-0.05, 0) is 43.3 Å². The number of non-ortho nitro benzene ring substituents is 1. The second-order valence-corrected chi connectivity index (χ2v) is 8.51. The van der Waals surface area contributed by atoms with Gasteiger partial charge in [0, 0.05) is 40.1 Å². The maximum absolute atomic E-state index is 13.2. The lowest BCUT2D eigenvalue weighted by Crippen LogP contribution is -2.20. The summed E-state index contributed by atoms with van der Waals surface area (Å²) in [6.45, 7) is 2.16. The largest absolute Gasteiger partial charge is 0.469 e. The maximum atomic E-state index is 13.2. The van der Waals surface area contributed by atoms with Crippen molar-refractivity contribution in [3.05, 3.63) is 85.3 Å². The van der Waals surface area contributed by atoms with Gasteiger partial charge in [-0.1, -0.05) is 11.6 Å². The zero-order valence-electron chi connectivity index (χ0n) is 17.9. The van der Waals surface area contributed by atoms with E-state index >= 15 is 0 Å². The van der Waals surface area contributed by atoms with Crippen molar-refractivity contribution in [3.63, 3.8) is 0 Å². The minimum Gasteiger partial charge on any atom is -0.469 e. The molecule has 1 heterocycles. The van der Waals surface area contributed by atoms with Crippen molar-refractivity contribution in [2.75, 3.05) is 19.4 Å². The van der Waals surface area contributed by atoms with Gasteiger partial charge in [-0.15, -0.1) is 11.8 Å². The third-order valence-electron chi connectivity index (χ3n) is 4.72. The summed E-state index contributed by atoms with van der Waals surface area (Å²) in [6.07, 6.45) is -0.145. The van der Waals surface area contributed by atoms with Gasteiger partial charge in [-0.25, -0.2) is 4.68 Å². The summed E-state index contributed by atoms with van der Waals surface area (Å²) in [5.41, 5.74) is 1.01. The molecule has 0 spiro atoms. The normalized spacial score (nSPS) is 11.4. The van der Waals surface area contributed by atoms with E-state index in [1.165, 1.54) is 36.1 Å². The van der Waals surface area contributed by atoms with Crippen molar-refractivity contribution in [1.82, 2.24) is 9.78 Å². The third-order valence-corrected chi connectivity index (χ3v) is 5.96. The maximum Gasteiger partial charge on any atom is 0.311 e. The Balaban J connectivity index is 1.85. The number of H-pyrrole nitrogens is 1. The van der Waals surface area contributed by atoms with Crippen LogP contribution < -0.4 is 5.56 Å². The molecule has 11 heteroatoms. The van der Waals surface area contributed by atoms with Crippen LogP contribution >= 0.6 is 23.4 Å². The number of nitro groups is 1. The second kappa shape index (κ2) is 11.0. The Hall–Kier alpha value is -3.37. The van der Waals surface area contributed by atoms with Gasteiger partial charge in [0.25, 0.3) is 11.2 Å². The molecule has 0 bridgehead atoms. The predicted molar refractivity (Wildman–Crippen MR) is 128 cm³/mol. The number of aromatic nitrogens is 2. The summed E-state index contributed by atoms with van der Waals surface area (Å²) in [6, 6.07) is 13.0. The number of aliphatic imine (C=N–C) groups is 1. The molecular weight excluding hydrogens is 468 g/mol.